The summed E-state index contributed by atoms with van der Waals surface area (Å²) >= 11 is 12.1. The molecule has 0 spiro atoms. The Balaban J connectivity index is 1.80. The summed E-state index contributed by atoms with van der Waals surface area (Å²) in [6.07, 6.45) is 2.31. The summed E-state index contributed by atoms with van der Waals surface area (Å²) in [6.45, 7) is 3.45. The van der Waals surface area contributed by atoms with Gasteiger partial charge in [0, 0.05) is 19.1 Å². The van der Waals surface area contributed by atoms with Crippen molar-refractivity contribution in [2.24, 2.45) is 5.92 Å². The zero-order valence-electron chi connectivity index (χ0n) is 9.93. The number of hydrogen-bond donors (Lipinski definition) is 1. The Hall–Kier alpha value is -0.510. The Labute approximate surface area is 116 Å². The van der Waals surface area contributed by atoms with Crippen LogP contribution in [0.3, 0.4) is 0 Å². The van der Waals surface area contributed by atoms with Crippen LogP contribution in [-0.4, -0.2) is 30.6 Å². The van der Waals surface area contributed by atoms with E-state index < -0.39 is 5.82 Å². The number of hydrogen-bond acceptors (Lipinski definition) is 2. The third kappa shape index (κ3) is 2.31. The molecule has 0 amide bonds. The van der Waals surface area contributed by atoms with E-state index >= 15 is 0 Å². The van der Waals surface area contributed by atoms with Crippen LogP contribution >= 0.6 is 23.2 Å². The summed E-state index contributed by atoms with van der Waals surface area (Å²) in [6, 6.07) is 3.00. The molecular formula is C13H15Cl2FN2. The predicted molar refractivity (Wildman–Crippen MR) is 73.0 cm³/mol. The molecule has 5 heteroatoms. The van der Waals surface area contributed by atoms with Crippen molar-refractivity contribution in [3.05, 3.63) is 28.0 Å². The molecule has 2 nitrogen and oxygen atoms in total. The smallest absolute Gasteiger partial charge is 0.126 e. The highest BCUT2D eigenvalue weighted by atomic mass is 35.5. The van der Waals surface area contributed by atoms with Gasteiger partial charge in [-0.2, -0.15) is 0 Å². The van der Waals surface area contributed by atoms with Crippen LogP contribution in [0.2, 0.25) is 10.0 Å². The molecule has 0 saturated carbocycles. The number of benzene rings is 1. The Morgan fingerprint density at radius 2 is 1.83 bits per heavy atom. The lowest BCUT2D eigenvalue weighted by molar-refractivity contribution is 0.255. The van der Waals surface area contributed by atoms with Crippen molar-refractivity contribution in [3.63, 3.8) is 0 Å². The van der Waals surface area contributed by atoms with E-state index in [4.69, 9.17) is 23.2 Å². The van der Waals surface area contributed by atoms with E-state index in [1.807, 2.05) is 0 Å². The first-order valence-electron chi connectivity index (χ1n) is 6.27. The molecule has 0 aromatic heterocycles. The van der Waals surface area contributed by atoms with Crippen molar-refractivity contribution < 1.29 is 4.39 Å². The molecule has 1 aromatic carbocycles. The fourth-order valence-corrected chi connectivity index (χ4v) is 3.58. The lowest BCUT2D eigenvalue weighted by Gasteiger charge is -2.32. The van der Waals surface area contributed by atoms with E-state index in [-0.39, 0.29) is 0 Å². The number of nitrogens with zero attached hydrogens (tertiary/aromatic N) is 1. The molecule has 2 bridgehead atoms. The average Bonchev–Trinajstić information content (AvgIpc) is 2.69. The zero-order chi connectivity index (χ0) is 12.7. The maximum Gasteiger partial charge on any atom is 0.126 e. The lowest BCUT2D eigenvalue weighted by Crippen LogP contribution is -2.39. The van der Waals surface area contributed by atoms with E-state index in [2.05, 4.69) is 10.2 Å². The summed E-state index contributed by atoms with van der Waals surface area (Å²) in [5.41, 5.74) is 0.671. The number of anilines is 1. The average molecular weight is 289 g/mol. The topological polar surface area (TPSA) is 15.3 Å². The fraction of sp³-hybridized carbons (Fsp3) is 0.538. The van der Waals surface area contributed by atoms with Crippen LogP contribution < -0.4 is 5.32 Å². The number of rotatable bonds is 2. The molecule has 1 N–H and O–H groups in total. The van der Waals surface area contributed by atoms with E-state index in [0.29, 0.717) is 27.7 Å². The van der Waals surface area contributed by atoms with Gasteiger partial charge in [0.1, 0.15) is 5.82 Å². The van der Waals surface area contributed by atoms with Crippen molar-refractivity contribution in [2.45, 2.75) is 18.9 Å². The molecule has 2 fully saturated rings. The third-order valence-corrected chi connectivity index (χ3v) is 4.57. The second kappa shape index (κ2) is 4.87. The quantitative estimate of drug-likeness (QED) is 0.894. The molecule has 3 unspecified atom stereocenters. The molecule has 2 aliphatic rings. The Bertz CT molecular complexity index is 443. The van der Waals surface area contributed by atoms with Crippen LogP contribution in [0.15, 0.2) is 12.1 Å². The second-order valence-electron chi connectivity index (χ2n) is 5.13. The van der Waals surface area contributed by atoms with Gasteiger partial charge in [0.25, 0.3) is 0 Å². The number of piperidine rings is 1. The highest BCUT2D eigenvalue weighted by Crippen LogP contribution is 2.35. The van der Waals surface area contributed by atoms with Gasteiger partial charge in [-0.05, 0) is 37.4 Å². The zero-order valence-corrected chi connectivity index (χ0v) is 11.4. The molecule has 0 radical (unpaired) electrons. The lowest BCUT2D eigenvalue weighted by atomic mass is 9.94. The normalized spacial score (nSPS) is 30.5. The standard InChI is InChI=1S/C13H15Cl2FN2/c14-10-5-9(16)6-11(15)13(10)17-12-2-4-18-3-1-8(12)7-18/h5-6,8,12,17H,1-4,7H2. The molecule has 2 aliphatic heterocycles. The summed E-state index contributed by atoms with van der Waals surface area (Å²) in [4.78, 5) is 2.48. The predicted octanol–water partition coefficient (Wildman–Crippen LogP) is 3.64. The SMILES string of the molecule is Fc1cc(Cl)c(NC2CCN3CCC2C3)c(Cl)c1. The Kier molecular flexibility index (Phi) is 3.39. The van der Waals surface area contributed by atoms with Gasteiger partial charge in [-0.15, -0.1) is 0 Å². The van der Waals surface area contributed by atoms with Crippen LogP contribution in [0.1, 0.15) is 12.8 Å². The van der Waals surface area contributed by atoms with Crippen molar-refractivity contribution in [2.75, 3.05) is 25.0 Å². The molecule has 0 aliphatic carbocycles. The first-order chi connectivity index (χ1) is 8.63. The molecular weight excluding hydrogens is 274 g/mol. The molecule has 3 atom stereocenters. The number of halogens is 3. The largest absolute Gasteiger partial charge is 0.380 e. The highest BCUT2D eigenvalue weighted by Gasteiger charge is 2.34. The first-order valence-corrected chi connectivity index (χ1v) is 7.02. The van der Waals surface area contributed by atoms with Crippen LogP contribution in [0, 0.1) is 11.7 Å². The van der Waals surface area contributed by atoms with Gasteiger partial charge < -0.3 is 10.2 Å². The number of fused-ring (bicyclic) bond motifs is 2. The maximum atomic E-state index is 13.1. The maximum absolute atomic E-state index is 13.1. The minimum atomic E-state index is -0.397. The van der Waals surface area contributed by atoms with E-state index in [9.17, 15) is 4.39 Å². The second-order valence-corrected chi connectivity index (χ2v) is 5.95. The van der Waals surface area contributed by atoms with Gasteiger partial charge in [-0.1, -0.05) is 23.2 Å². The Morgan fingerprint density at radius 1 is 1.17 bits per heavy atom. The summed E-state index contributed by atoms with van der Waals surface area (Å²) in [7, 11) is 0. The monoisotopic (exact) mass is 288 g/mol. The van der Waals surface area contributed by atoms with Crippen molar-refractivity contribution in [3.8, 4) is 0 Å². The van der Waals surface area contributed by atoms with Crippen molar-refractivity contribution in [1.29, 1.82) is 0 Å². The van der Waals surface area contributed by atoms with Crippen LogP contribution in [0.25, 0.3) is 0 Å². The fourth-order valence-electron chi connectivity index (χ4n) is 3.01. The van der Waals surface area contributed by atoms with Crippen LogP contribution in [0.4, 0.5) is 10.1 Å². The summed E-state index contributed by atoms with van der Waals surface area (Å²) < 4.78 is 13.1. The molecule has 98 valence electrons. The van der Waals surface area contributed by atoms with Gasteiger partial charge >= 0.3 is 0 Å². The van der Waals surface area contributed by atoms with Gasteiger partial charge in [-0.25, -0.2) is 4.39 Å². The first kappa shape index (κ1) is 12.5. The number of nitrogens with one attached hydrogen (secondary N) is 1. The minimum Gasteiger partial charge on any atom is -0.380 e. The van der Waals surface area contributed by atoms with E-state index in [0.717, 1.165) is 19.5 Å². The van der Waals surface area contributed by atoms with E-state index in [1.165, 1.54) is 25.1 Å². The van der Waals surface area contributed by atoms with Gasteiger partial charge in [0.15, 0.2) is 0 Å². The van der Waals surface area contributed by atoms with Crippen molar-refractivity contribution >= 4 is 28.9 Å². The van der Waals surface area contributed by atoms with Gasteiger partial charge in [0.05, 0.1) is 15.7 Å². The summed E-state index contributed by atoms with van der Waals surface area (Å²) in [5.74, 6) is 0.252. The van der Waals surface area contributed by atoms with Crippen LogP contribution in [0.5, 0.6) is 0 Å². The Morgan fingerprint density at radius 3 is 2.56 bits per heavy atom. The van der Waals surface area contributed by atoms with Crippen LogP contribution in [-0.2, 0) is 0 Å². The van der Waals surface area contributed by atoms with Gasteiger partial charge in [0.2, 0.25) is 0 Å². The van der Waals surface area contributed by atoms with E-state index in [1.54, 1.807) is 0 Å². The molecule has 2 heterocycles. The molecule has 18 heavy (non-hydrogen) atoms. The molecule has 3 rings (SSSR count). The van der Waals surface area contributed by atoms with Gasteiger partial charge in [-0.3, -0.25) is 0 Å². The molecule has 1 aromatic rings. The highest BCUT2D eigenvalue weighted by molar-refractivity contribution is 6.39. The summed E-state index contributed by atoms with van der Waals surface area (Å²) in [5, 5.41) is 4.14. The third-order valence-electron chi connectivity index (χ3n) is 3.97. The van der Waals surface area contributed by atoms with Crippen molar-refractivity contribution in [1.82, 2.24) is 4.90 Å². The molecule has 2 saturated heterocycles. The minimum absolute atomic E-state index is 0.362.